The number of carbonyl (C=O) groups is 2. The van der Waals surface area contributed by atoms with Gasteiger partial charge in [-0.05, 0) is 61.0 Å². The second-order valence-electron chi connectivity index (χ2n) is 8.92. The molecule has 0 radical (unpaired) electrons. The Kier molecular flexibility index (Phi) is 6.49. The van der Waals surface area contributed by atoms with Crippen molar-refractivity contribution in [1.82, 2.24) is 0 Å². The van der Waals surface area contributed by atoms with Gasteiger partial charge in [0.15, 0.2) is 5.78 Å². The van der Waals surface area contributed by atoms with Crippen LogP contribution >= 0.6 is 0 Å². The van der Waals surface area contributed by atoms with Crippen molar-refractivity contribution in [2.45, 2.75) is 59.8 Å². The molecule has 0 heterocycles. The molecule has 0 spiro atoms. The number of ketones is 1. The minimum Gasteiger partial charge on any atom is -0.466 e. The zero-order valence-electron chi connectivity index (χ0n) is 17.2. The van der Waals surface area contributed by atoms with E-state index in [4.69, 9.17) is 9.47 Å². The van der Waals surface area contributed by atoms with Gasteiger partial charge in [-0.1, -0.05) is 32.8 Å². The topological polar surface area (TPSA) is 52.6 Å². The van der Waals surface area contributed by atoms with Crippen molar-refractivity contribution in [1.29, 1.82) is 0 Å². The molecule has 0 N–H and O–H groups in total. The van der Waals surface area contributed by atoms with Gasteiger partial charge in [-0.2, -0.15) is 0 Å². The van der Waals surface area contributed by atoms with Crippen LogP contribution in [0.4, 0.5) is 0 Å². The van der Waals surface area contributed by atoms with Gasteiger partial charge in [0.1, 0.15) is 0 Å². The fourth-order valence-corrected chi connectivity index (χ4v) is 5.60. The Balaban J connectivity index is 2.27. The van der Waals surface area contributed by atoms with Crippen LogP contribution in [0.1, 0.15) is 59.8 Å². The molecule has 0 aliphatic heterocycles. The summed E-state index contributed by atoms with van der Waals surface area (Å²) < 4.78 is 10.0. The molecular formula is C22H34O4. The van der Waals surface area contributed by atoms with E-state index in [1.54, 1.807) is 13.2 Å². The molecule has 0 aromatic carbocycles. The van der Waals surface area contributed by atoms with E-state index in [2.05, 4.69) is 27.7 Å². The molecule has 3 unspecified atom stereocenters. The van der Waals surface area contributed by atoms with Crippen LogP contribution in [0.5, 0.6) is 0 Å². The molecule has 4 heteroatoms. The van der Waals surface area contributed by atoms with Crippen LogP contribution in [-0.2, 0) is 19.1 Å². The Morgan fingerprint density at radius 1 is 1.27 bits per heavy atom. The number of methoxy groups -OCH3 is 2. The lowest BCUT2D eigenvalue weighted by Gasteiger charge is -2.55. The number of rotatable bonds is 6. The number of hydrogen-bond donors (Lipinski definition) is 0. The Hall–Kier alpha value is -1.42. The number of esters is 1. The normalized spacial score (nSPS) is 31.2. The molecule has 1 saturated carbocycles. The zero-order valence-corrected chi connectivity index (χ0v) is 17.2. The standard InChI is InChI=1S/C22H34O4/c1-15-12-18(23)20-21(2,3)10-7-11-22(20,4)17(15)9-8-16(14-25-5)13-19(24)26-6/h12-13,17,20H,7-11,14H2,1-6H3/b16-13+. The molecular weight excluding hydrogens is 328 g/mol. The van der Waals surface area contributed by atoms with E-state index in [0.717, 1.165) is 31.3 Å². The van der Waals surface area contributed by atoms with Crippen LogP contribution in [0, 0.1) is 22.7 Å². The summed E-state index contributed by atoms with van der Waals surface area (Å²) in [7, 11) is 3.02. The van der Waals surface area contributed by atoms with Crippen LogP contribution in [0.2, 0.25) is 0 Å². The van der Waals surface area contributed by atoms with Crippen LogP contribution < -0.4 is 0 Å². The largest absolute Gasteiger partial charge is 0.466 e. The van der Waals surface area contributed by atoms with Crippen molar-refractivity contribution < 1.29 is 19.1 Å². The second kappa shape index (κ2) is 8.08. The first kappa shape index (κ1) is 20.9. The maximum absolute atomic E-state index is 12.9. The molecule has 146 valence electrons. The zero-order chi connectivity index (χ0) is 19.5. The summed E-state index contributed by atoms with van der Waals surface area (Å²) in [5, 5.41) is 0. The van der Waals surface area contributed by atoms with Crippen LogP contribution in [0.25, 0.3) is 0 Å². The van der Waals surface area contributed by atoms with Gasteiger partial charge >= 0.3 is 5.97 Å². The molecule has 4 nitrogen and oxygen atoms in total. The Morgan fingerprint density at radius 2 is 1.96 bits per heavy atom. The van der Waals surface area contributed by atoms with Gasteiger partial charge in [-0.3, -0.25) is 4.79 Å². The number of ether oxygens (including phenoxy) is 2. The maximum atomic E-state index is 12.9. The van der Waals surface area contributed by atoms with E-state index in [1.165, 1.54) is 19.1 Å². The molecule has 0 saturated heterocycles. The highest BCUT2D eigenvalue weighted by atomic mass is 16.5. The van der Waals surface area contributed by atoms with E-state index >= 15 is 0 Å². The van der Waals surface area contributed by atoms with Crippen LogP contribution in [0.3, 0.4) is 0 Å². The lowest BCUT2D eigenvalue weighted by atomic mass is 9.48. The summed E-state index contributed by atoms with van der Waals surface area (Å²) in [4.78, 5) is 24.5. The van der Waals surface area contributed by atoms with E-state index in [0.29, 0.717) is 18.3 Å². The molecule has 2 aliphatic carbocycles. The highest BCUT2D eigenvalue weighted by Gasteiger charge is 2.55. The van der Waals surface area contributed by atoms with Gasteiger partial charge in [-0.25, -0.2) is 4.79 Å². The van der Waals surface area contributed by atoms with Crippen molar-refractivity contribution in [3.05, 3.63) is 23.3 Å². The number of carbonyl (C=O) groups excluding carboxylic acids is 2. The van der Waals surface area contributed by atoms with Crippen molar-refractivity contribution in [2.24, 2.45) is 22.7 Å². The van der Waals surface area contributed by atoms with Gasteiger partial charge in [0.25, 0.3) is 0 Å². The van der Waals surface area contributed by atoms with Gasteiger partial charge in [0.05, 0.1) is 13.7 Å². The van der Waals surface area contributed by atoms with E-state index < -0.39 is 0 Å². The van der Waals surface area contributed by atoms with Crippen molar-refractivity contribution in [3.8, 4) is 0 Å². The van der Waals surface area contributed by atoms with Crippen molar-refractivity contribution in [3.63, 3.8) is 0 Å². The van der Waals surface area contributed by atoms with Gasteiger partial charge in [-0.15, -0.1) is 0 Å². The van der Waals surface area contributed by atoms with Gasteiger partial charge in [0, 0.05) is 19.1 Å². The lowest BCUT2D eigenvalue weighted by molar-refractivity contribution is -0.136. The predicted octanol–water partition coefficient (Wildman–Crippen LogP) is 4.49. The third-order valence-corrected chi connectivity index (χ3v) is 6.58. The summed E-state index contributed by atoms with van der Waals surface area (Å²) in [6.07, 6.45) is 8.48. The first-order valence-corrected chi connectivity index (χ1v) is 9.64. The SMILES string of the molecule is COC/C(=C/C(=O)OC)CCC1C(C)=CC(=O)C2C(C)(C)CCCC12C. The van der Waals surface area contributed by atoms with Crippen LogP contribution in [0.15, 0.2) is 23.3 Å². The third-order valence-electron chi connectivity index (χ3n) is 6.58. The number of hydrogen-bond acceptors (Lipinski definition) is 4. The molecule has 2 rings (SSSR count). The molecule has 2 aliphatic rings. The first-order chi connectivity index (χ1) is 12.2. The van der Waals surface area contributed by atoms with Crippen molar-refractivity contribution in [2.75, 3.05) is 20.8 Å². The minimum absolute atomic E-state index is 0.0128. The summed E-state index contributed by atoms with van der Waals surface area (Å²) in [6.45, 7) is 9.30. The highest BCUT2D eigenvalue weighted by molar-refractivity contribution is 5.95. The molecule has 0 aromatic rings. The smallest absolute Gasteiger partial charge is 0.330 e. The fraction of sp³-hybridized carbons (Fsp3) is 0.727. The predicted molar refractivity (Wildman–Crippen MR) is 103 cm³/mol. The number of allylic oxidation sites excluding steroid dienone is 2. The van der Waals surface area contributed by atoms with E-state index in [1.807, 2.05) is 6.08 Å². The minimum atomic E-state index is -0.342. The summed E-state index contributed by atoms with van der Waals surface area (Å²) in [5.74, 6) is 0.384. The second-order valence-corrected chi connectivity index (χ2v) is 8.92. The Labute approximate surface area is 158 Å². The molecule has 1 fully saturated rings. The average molecular weight is 363 g/mol. The molecule has 0 aromatic heterocycles. The highest BCUT2D eigenvalue weighted by Crippen LogP contribution is 2.59. The maximum Gasteiger partial charge on any atom is 0.330 e. The monoisotopic (exact) mass is 362 g/mol. The molecule has 0 bridgehead atoms. The summed E-state index contributed by atoms with van der Waals surface area (Å²) >= 11 is 0. The lowest BCUT2D eigenvalue weighted by Crippen LogP contribution is -2.52. The third kappa shape index (κ3) is 4.11. The molecule has 0 amide bonds. The summed E-state index contributed by atoms with van der Waals surface area (Å²) in [5.41, 5.74) is 2.15. The quantitative estimate of drug-likeness (QED) is 0.516. The fourth-order valence-electron chi connectivity index (χ4n) is 5.60. The van der Waals surface area contributed by atoms with Crippen molar-refractivity contribution >= 4 is 11.8 Å². The van der Waals surface area contributed by atoms with Crippen LogP contribution in [-0.4, -0.2) is 32.6 Å². The summed E-state index contributed by atoms with van der Waals surface area (Å²) in [6, 6.07) is 0. The first-order valence-electron chi connectivity index (χ1n) is 9.64. The van der Waals surface area contributed by atoms with Gasteiger partial charge < -0.3 is 9.47 Å². The Morgan fingerprint density at radius 3 is 2.58 bits per heavy atom. The molecule has 3 atom stereocenters. The number of fused-ring (bicyclic) bond motifs is 1. The van der Waals surface area contributed by atoms with Gasteiger partial charge in [0.2, 0.25) is 0 Å². The average Bonchev–Trinajstić information content (AvgIpc) is 2.52. The molecule has 26 heavy (non-hydrogen) atoms. The van der Waals surface area contributed by atoms with E-state index in [-0.39, 0.29) is 22.7 Å². The Bertz CT molecular complexity index is 614. The van der Waals surface area contributed by atoms with E-state index in [9.17, 15) is 9.59 Å².